The molecule has 0 saturated carbocycles. The zero-order valence-electron chi connectivity index (χ0n) is 16.0. The quantitative estimate of drug-likeness (QED) is 0.780. The van der Waals surface area contributed by atoms with Gasteiger partial charge in [0.1, 0.15) is 0 Å². The lowest BCUT2D eigenvalue weighted by Gasteiger charge is -2.30. The average molecular weight is 351 g/mol. The van der Waals surface area contributed by atoms with Crippen LogP contribution in [0.4, 0.5) is 17.1 Å². The molecule has 1 amide bonds. The van der Waals surface area contributed by atoms with E-state index in [-0.39, 0.29) is 11.3 Å². The van der Waals surface area contributed by atoms with Crippen LogP contribution in [-0.2, 0) is 5.41 Å². The van der Waals surface area contributed by atoms with Crippen LogP contribution in [0.1, 0.15) is 56.0 Å². The number of carbonyl (C=O) groups excluding carboxylic acids is 1. The number of benzene rings is 2. The van der Waals surface area contributed by atoms with Crippen LogP contribution in [0.2, 0.25) is 0 Å². The molecule has 1 heterocycles. The zero-order chi connectivity index (χ0) is 18.7. The molecule has 26 heavy (non-hydrogen) atoms. The number of nitrogens with two attached hydrogens (primary N) is 1. The summed E-state index contributed by atoms with van der Waals surface area (Å²) in [4.78, 5) is 14.8. The molecule has 0 radical (unpaired) electrons. The van der Waals surface area contributed by atoms with Gasteiger partial charge in [0.05, 0.1) is 11.4 Å². The maximum Gasteiger partial charge on any atom is 0.255 e. The molecular formula is C22H29N3O. The second-order valence-corrected chi connectivity index (χ2v) is 8.10. The van der Waals surface area contributed by atoms with Crippen LogP contribution in [0.5, 0.6) is 0 Å². The lowest BCUT2D eigenvalue weighted by Crippen LogP contribution is -2.30. The van der Waals surface area contributed by atoms with Gasteiger partial charge in [-0.1, -0.05) is 32.9 Å². The summed E-state index contributed by atoms with van der Waals surface area (Å²) < 4.78 is 0. The predicted octanol–water partition coefficient (Wildman–Crippen LogP) is 4.81. The number of piperidine rings is 1. The van der Waals surface area contributed by atoms with E-state index in [9.17, 15) is 4.79 Å². The molecule has 138 valence electrons. The van der Waals surface area contributed by atoms with Crippen LogP contribution in [0.3, 0.4) is 0 Å². The SMILES string of the molecule is CC(C)(C)c1ccc(C(=O)Nc2ccc(N3CCCCC3)c(N)c2)cc1. The molecule has 3 N–H and O–H groups in total. The fourth-order valence-electron chi connectivity index (χ4n) is 3.38. The van der Waals surface area contributed by atoms with Crippen molar-refractivity contribution in [2.75, 3.05) is 29.0 Å². The maximum atomic E-state index is 12.5. The Labute approximate surface area is 156 Å². The number of nitrogen functional groups attached to an aromatic ring is 1. The van der Waals surface area contributed by atoms with Gasteiger partial charge in [0, 0.05) is 24.3 Å². The summed E-state index contributed by atoms with van der Waals surface area (Å²) >= 11 is 0. The number of nitrogens with one attached hydrogen (secondary N) is 1. The van der Waals surface area contributed by atoms with Crippen LogP contribution < -0.4 is 16.0 Å². The molecule has 0 bridgehead atoms. The molecule has 0 aromatic heterocycles. The zero-order valence-corrected chi connectivity index (χ0v) is 16.0. The summed E-state index contributed by atoms with van der Waals surface area (Å²) in [5.74, 6) is -0.115. The van der Waals surface area contributed by atoms with Gasteiger partial charge in [0.25, 0.3) is 5.91 Å². The van der Waals surface area contributed by atoms with Crippen LogP contribution in [-0.4, -0.2) is 19.0 Å². The molecule has 1 aliphatic heterocycles. The average Bonchev–Trinajstić information content (AvgIpc) is 2.62. The van der Waals surface area contributed by atoms with Crippen LogP contribution in [0.15, 0.2) is 42.5 Å². The highest BCUT2D eigenvalue weighted by atomic mass is 16.1. The number of hydrogen-bond acceptors (Lipinski definition) is 3. The molecule has 2 aromatic carbocycles. The van der Waals surface area contributed by atoms with Crippen molar-refractivity contribution in [2.45, 2.75) is 45.4 Å². The Hall–Kier alpha value is -2.49. The minimum absolute atomic E-state index is 0.0771. The first-order valence-corrected chi connectivity index (χ1v) is 9.41. The van der Waals surface area contributed by atoms with E-state index in [1.54, 1.807) is 0 Å². The minimum atomic E-state index is -0.115. The van der Waals surface area contributed by atoms with Crippen molar-refractivity contribution >= 4 is 23.0 Å². The molecule has 0 unspecified atom stereocenters. The van der Waals surface area contributed by atoms with Crippen molar-refractivity contribution in [3.63, 3.8) is 0 Å². The lowest BCUT2D eigenvalue weighted by molar-refractivity contribution is 0.102. The van der Waals surface area contributed by atoms with Crippen molar-refractivity contribution in [3.8, 4) is 0 Å². The van der Waals surface area contributed by atoms with Crippen LogP contribution >= 0.6 is 0 Å². The molecule has 1 saturated heterocycles. The molecule has 0 aliphatic carbocycles. The normalized spacial score (nSPS) is 15.0. The van der Waals surface area contributed by atoms with E-state index in [0.29, 0.717) is 11.3 Å². The number of amides is 1. The molecule has 3 rings (SSSR count). The Kier molecular flexibility index (Phi) is 5.21. The number of nitrogens with zero attached hydrogens (tertiary/aromatic N) is 1. The van der Waals surface area contributed by atoms with Crippen molar-refractivity contribution in [1.82, 2.24) is 0 Å². The highest BCUT2D eigenvalue weighted by Gasteiger charge is 2.16. The Morgan fingerprint density at radius 1 is 1.00 bits per heavy atom. The standard InChI is InChI=1S/C22H29N3O/c1-22(2,3)17-9-7-16(8-10-17)21(26)24-18-11-12-20(19(23)15-18)25-13-5-4-6-14-25/h7-12,15H,4-6,13-14,23H2,1-3H3,(H,24,26). The monoisotopic (exact) mass is 351 g/mol. The van der Waals surface area contributed by atoms with Gasteiger partial charge in [0.15, 0.2) is 0 Å². The first kappa shape index (κ1) is 18.3. The third-order valence-electron chi connectivity index (χ3n) is 5.00. The third kappa shape index (κ3) is 4.18. The Morgan fingerprint density at radius 2 is 1.65 bits per heavy atom. The molecule has 0 spiro atoms. The fraction of sp³-hybridized carbons (Fsp3) is 0.409. The highest BCUT2D eigenvalue weighted by molar-refractivity contribution is 6.04. The number of rotatable bonds is 3. The number of hydrogen-bond donors (Lipinski definition) is 2. The molecule has 0 atom stereocenters. The third-order valence-corrected chi connectivity index (χ3v) is 5.00. The Morgan fingerprint density at radius 3 is 2.23 bits per heavy atom. The van der Waals surface area contributed by atoms with Crippen molar-refractivity contribution < 1.29 is 4.79 Å². The molecule has 4 nitrogen and oxygen atoms in total. The Bertz CT molecular complexity index is 769. The maximum absolute atomic E-state index is 12.5. The first-order chi connectivity index (χ1) is 12.3. The molecule has 1 fully saturated rings. The topological polar surface area (TPSA) is 58.4 Å². The molecule has 1 aliphatic rings. The van der Waals surface area contributed by atoms with Gasteiger partial charge >= 0.3 is 0 Å². The van der Waals surface area contributed by atoms with Gasteiger partial charge in [-0.05, 0) is 60.6 Å². The van der Waals surface area contributed by atoms with Gasteiger partial charge < -0.3 is 16.0 Å². The summed E-state index contributed by atoms with van der Waals surface area (Å²) in [5.41, 5.74) is 10.7. The molecule has 4 heteroatoms. The van der Waals surface area contributed by atoms with E-state index >= 15 is 0 Å². The summed E-state index contributed by atoms with van der Waals surface area (Å²) in [7, 11) is 0. The number of carbonyl (C=O) groups is 1. The second-order valence-electron chi connectivity index (χ2n) is 8.10. The van der Waals surface area contributed by atoms with Crippen molar-refractivity contribution in [1.29, 1.82) is 0 Å². The van der Waals surface area contributed by atoms with Crippen LogP contribution in [0.25, 0.3) is 0 Å². The van der Waals surface area contributed by atoms with E-state index in [0.717, 1.165) is 24.5 Å². The molecule has 2 aromatic rings. The van der Waals surface area contributed by atoms with E-state index < -0.39 is 0 Å². The second kappa shape index (κ2) is 7.40. The van der Waals surface area contributed by atoms with E-state index in [1.165, 1.54) is 24.8 Å². The van der Waals surface area contributed by atoms with Gasteiger partial charge in [-0.2, -0.15) is 0 Å². The minimum Gasteiger partial charge on any atom is -0.397 e. The highest BCUT2D eigenvalue weighted by Crippen LogP contribution is 2.29. The van der Waals surface area contributed by atoms with Crippen LogP contribution in [0, 0.1) is 0 Å². The summed E-state index contributed by atoms with van der Waals surface area (Å²) in [6.07, 6.45) is 3.71. The van der Waals surface area contributed by atoms with Gasteiger partial charge in [0.2, 0.25) is 0 Å². The van der Waals surface area contributed by atoms with Gasteiger partial charge in [-0.25, -0.2) is 0 Å². The van der Waals surface area contributed by atoms with E-state index in [2.05, 4.69) is 31.0 Å². The molecular weight excluding hydrogens is 322 g/mol. The predicted molar refractivity (Wildman–Crippen MR) is 110 cm³/mol. The summed E-state index contributed by atoms with van der Waals surface area (Å²) in [5, 5.41) is 2.95. The smallest absolute Gasteiger partial charge is 0.255 e. The summed E-state index contributed by atoms with van der Waals surface area (Å²) in [6.45, 7) is 8.59. The van der Waals surface area contributed by atoms with Gasteiger partial charge in [-0.15, -0.1) is 0 Å². The number of anilines is 3. The lowest BCUT2D eigenvalue weighted by atomic mass is 9.87. The van der Waals surface area contributed by atoms with Gasteiger partial charge in [-0.3, -0.25) is 4.79 Å². The fourth-order valence-corrected chi connectivity index (χ4v) is 3.38. The van der Waals surface area contributed by atoms with Crippen molar-refractivity contribution in [3.05, 3.63) is 53.6 Å². The first-order valence-electron chi connectivity index (χ1n) is 9.41. The van der Waals surface area contributed by atoms with E-state index in [4.69, 9.17) is 5.73 Å². The summed E-state index contributed by atoms with van der Waals surface area (Å²) in [6, 6.07) is 13.6. The van der Waals surface area contributed by atoms with Crippen molar-refractivity contribution in [2.24, 2.45) is 0 Å². The van der Waals surface area contributed by atoms with E-state index in [1.807, 2.05) is 42.5 Å². The largest absolute Gasteiger partial charge is 0.397 e. The Balaban J connectivity index is 1.70.